The van der Waals surface area contributed by atoms with Crippen molar-refractivity contribution in [3.8, 4) is 0 Å². The van der Waals surface area contributed by atoms with E-state index in [1.54, 1.807) is 7.11 Å². The zero-order valence-corrected chi connectivity index (χ0v) is 12.2. The number of methoxy groups -OCH3 is 1. The number of rotatable bonds is 6. The van der Waals surface area contributed by atoms with Crippen LogP contribution < -0.4 is 5.32 Å². The first-order chi connectivity index (χ1) is 9.24. The minimum absolute atomic E-state index is 0.178. The lowest BCUT2D eigenvalue weighted by molar-refractivity contribution is -0.0284. The molecule has 1 aromatic heterocycles. The first-order valence-corrected chi connectivity index (χ1v) is 7.03. The minimum atomic E-state index is 0.178. The van der Waals surface area contributed by atoms with E-state index in [1.807, 2.05) is 17.9 Å². The van der Waals surface area contributed by atoms with E-state index >= 15 is 0 Å². The fraction of sp³-hybridized carbons (Fsp3) is 0.786. The van der Waals surface area contributed by atoms with Crippen LogP contribution in [0.15, 0.2) is 6.20 Å². The molecule has 108 valence electrons. The molecule has 0 bridgehead atoms. The molecule has 5 nitrogen and oxygen atoms in total. The molecular formula is C14H25N3O2. The number of aryl methyl sites for hydroxylation is 1. The van der Waals surface area contributed by atoms with E-state index in [0.717, 1.165) is 32.7 Å². The highest BCUT2D eigenvalue weighted by Crippen LogP contribution is 2.34. The lowest BCUT2D eigenvalue weighted by Crippen LogP contribution is -2.33. The molecule has 1 aliphatic rings. The zero-order chi connectivity index (χ0) is 13.7. The molecule has 5 heteroatoms. The maximum Gasteiger partial charge on any atom is 0.0898 e. The van der Waals surface area contributed by atoms with Gasteiger partial charge >= 0.3 is 0 Å². The van der Waals surface area contributed by atoms with Crippen LogP contribution in [0.3, 0.4) is 0 Å². The molecule has 2 rings (SSSR count). The summed E-state index contributed by atoms with van der Waals surface area (Å²) < 4.78 is 13.0. The van der Waals surface area contributed by atoms with Crippen molar-refractivity contribution in [3.05, 3.63) is 17.5 Å². The Bertz CT molecular complexity index is 392. The Hall–Kier alpha value is -0.910. The minimum Gasteiger partial charge on any atom is -0.383 e. The normalized spacial score (nSPS) is 23.7. The van der Waals surface area contributed by atoms with E-state index in [2.05, 4.69) is 17.3 Å². The van der Waals surface area contributed by atoms with Gasteiger partial charge in [-0.1, -0.05) is 0 Å². The fourth-order valence-corrected chi connectivity index (χ4v) is 2.65. The molecule has 0 radical (unpaired) electrons. The Morgan fingerprint density at radius 2 is 2.42 bits per heavy atom. The van der Waals surface area contributed by atoms with Crippen LogP contribution in [-0.2, 0) is 16.5 Å². The van der Waals surface area contributed by atoms with Crippen molar-refractivity contribution in [2.75, 3.05) is 33.4 Å². The molecule has 1 N–H and O–H groups in total. The van der Waals surface area contributed by atoms with Crippen LogP contribution in [0.25, 0.3) is 0 Å². The third-order valence-corrected chi connectivity index (χ3v) is 3.91. The van der Waals surface area contributed by atoms with Crippen LogP contribution in [0, 0.1) is 12.8 Å². The summed E-state index contributed by atoms with van der Waals surface area (Å²) in [6.45, 7) is 5.58. The van der Waals surface area contributed by atoms with Crippen LogP contribution in [-0.4, -0.2) is 43.2 Å². The van der Waals surface area contributed by atoms with Gasteiger partial charge in [-0.2, -0.15) is 5.10 Å². The first kappa shape index (κ1) is 14.5. The highest BCUT2D eigenvalue weighted by molar-refractivity contribution is 5.20. The summed E-state index contributed by atoms with van der Waals surface area (Å²) >= 11 is 0. The van der Waals surface area contributed by atoms with Gasteiger partial charge in [0.15, 0.2) is 0 Å². The molecule has 0 aliphatic carbocycles. The first-order valence-electron chi connectivity index (χ1n) is 7.03. The predicted octanol–water partition coefficient (Wildman–Crippen LogP) is 1.43. The van der Waals surface area contributed by atoms with E-state index < -0.39 is 0 Å². The highest BCUT2D eigenvalue weighted by atomic mass is 16.5. The molecule has 1 fully saturated rings. The maximum absolute atomic E-state index is 6.00. The van der Waals surface area contributed by atoms with E-state index in [9.17, 15) is 0 Å². The van der Waals surface area contributed by atoms with E-state index in [0.29, 0.717) is 5.92 Å². The van der Waals surface area contributed by atoms with Gasteiger partial charge in [0.05, 0.1) is 18.9 Å². The van der Waals surface area contributed by atoms with Crippen LogP contribution in [0.5, 0.6) is 0 Å². The van der Waals surface area contributed by atoms with E-state index in [-0.39, 0.29) is 6.10 Å². The Morgan fingerprint density at radius 1 is 1.58 bits per heavy atom. The molecule has 19 heavy (non-hydrogen) atoms. The van der Waals surface area contributed by atoms with E-state index in [4.69, 9.17) is 9.47 Å². The number of hydrogen-bond acceptors (Lipinski definition) is 4. The largest absolute Gasteiger partial charge is 0.383 e. The molecule has 0 spiro atoms. The topological polar surface area (TPSA) is 48.3 Å². The Kier molecular flexibility index (Phi) is 5.36. The van der Waals surface area contributed by atoms with Crippen LogP contribution in [0.2, 0.25) is 0 Å². The second-order valence-electron chi connectivity index (χ2n) is 5.20. The third kappa shape index (κ3) is 3.55. The third-order valence-electron chi connectivity index (χ3n) is 3.91. The highest BCUT2D eigenvalue weighted by Gasteiger charge is 2.29. The number of nitrogens with one attached hydrogen (secondary N) is 1. The van der Waals surface area contributed by atoms with E-state index in [1.165, 1.54) is 17.7 Å². The lowest BCUT2D eigenvalue weighted by atomic mass is 9.89. The van der Waals surface area contributed by atoms with Crippen LogP contribution in [0.1, 0.15) is 30.2 Å². The molecule has 1 saturated heterocycles. The predicted molar refractivity (Wildman–Crippen MR) is 74.1 cm³/mol. The SMILES string of the molecule is COCCNCC1CCCOC1c1cnn(C)c1C. The maximum atomic E-state index is 6.00. The van der Waals surface area contributed by atoms with Crippen molar-refractivity contribution < 1.29 is 9.47 Å². The van der Waals surface area contributed by atoms with Gasteiger partial charge in [-0.3, -0.25) is 4.68 Å². The van der Waals surface area contributed by atoms with Gasteiger partial charge in [-0.25, -0.2) is 0 Å². The summed E-state index contributed by atoms with van der Waals surface area (Å²) in [6.07, 6.45) is 4.48. The summed E-state index contributed by atoms with van der Waals surface area (Å²) in [7, 11) is 3.71. The van der Waals surface area contributed by atoms with Crippen molar-refractivity contribution in [1.82, 2.24) is 15.1 Å². The summed E-state index contributed by atoms with van der Waals surface area (Å²) in [4.78, 5) is 0. The van der Waals surface area contributed by atoms with Gasteiger partial charge < -0.3 is 14.8 Å². The number of aromatic nitrogens is 2. The van der Waals surface area contributed by atoms with Crippen molar-refractivity contribution in [1.29, 1.82) is 0 Å². The average Bonchev–Trinajstić information content (AvgIpc) is 2.76. The molecule has 0 aromatic carbocycles. The smallest absolute Gasteiger partial charge is 0.0898 e. The molecular weight excluding hydrogens is 242 g/mol. The van der Waals surface area contributed by atoms with Crippen molar-refractivity contribution in [2.24, 2.45) is 13.0 Å². The van der Waals surface area contributed by atoms with Gasteiger partial charge in [-0.15, -0.1) is 0 Å². The van der Waals surface area contributed by atoms with Gasteiger partial charge in [0.25, 0.3) is 0 Å². The number of ether oxygens (including phenoxy) is 2. The summed E-state index contributed by atoms with van der Waals surface area (Å²) in [6, 6.07) is 0. The van der Waals surface area contributed by atoms with Gasteiger partial charge in [0.2, 0.25) is 0 Å². The van der Waals surface area contributed by atoms with Crippen molar-refractivity contribution in [3.63, 3.8) is 0 Å². The van der Waals surface area contributed by atoms with Crippen LogP contribution in [0.4, 0.5) is 0 Å². The van der Waals surface area contributed by atoms with Gasteiger partial charge in [0, 0.05) is 51.0 Å². The Labute approximate surface area is 115 Å². The molecule has 2 atom stereocenters. The van der Waals surface area contributed by atoms with Gasteiger partial charge in [0.1, 0.15) is 0 Å². The number of hydrogen-bond donors (Lipinski definition) is 1. The van der Waals surface area contributed by atoms with Crippen LogP contribution >= 0.6 is 0 Å². The second kappa shape index (κ2) is 7.03. The molecule has 2 unspecified atom stereocenters. The lowest BCUT2D eigenvalue weighted by Gasteiger charge is -2.32. The van der Waals surface area contributed by atoms with Gasteiger partial charge in [-0.05, 0) is 19.8 Å². The molecule has 1 aliphatic heterocycles. The molecule has 2 heterocycles. The fourth-order valence-electron chi connectivity index (χ4n) is 2.65. The Balaban J connectivity index is 1.97. The number of nitrogens with zero attached hydrogens (tertiary/aromatic N) is 2. The molecule has 0 amide bonds. The summed E-state index contributed by atoms with van der Waals surface area (Å²) in [5.41, 5.74) is 2.44. The molecule has 0 saturated carbocycles. The summed E-state index contributed by atoms with van der Waals surface area (Å²) in [5.74, 6) is 0.522. The average molecular weight is 267 g/mol. The standard InChI is InChI=1S/C14H25N3O2/c1-11-13(10-16-17(11)2)14-12(5-4-7-19-14)9-15-6-8-18-3/h10,12,14-15H,4-9H2,1-3H3. The van der Waals surface area contributed by atoms with Crippen molar-refractivity contribution in [2.45, 2.75) is 25.9 Å². The zero-order valence-electron chi connectivity index (χ0n) is 12.2. The quantitative estimate of drug-likeness (QED) is 0.792. The Morgan fingerprint density at radius 3 is 3.11 bits per heavy atom. The summed E-state index contributed by atoms with van der Waals surface area (Å²) in [5, 5.41) is 7.78. The second-order valence-corrected chi connectivity index (χ2v) is 5.20. The monoisotopic (exact) mass is 267 g/mol. The molecule has 1 aromatic rings. The van der Waals surface area contributed by atoms with Crippen molar-refractivity contribution >= 4 is 0 Å².